The van der Waals surface area contributed by atoms with Crippen molar-refractivity contribution in [1.82, 2.24) is 0 Å². The van der Waals surface area contributed by atoms with Gasteiger partial charge in [-0.2, -0.15) is 0 Å². The van der Waals surface area contributed by atoms with E-state index in [1.165, 1.54) is 12.8 Å². The zero-order chi connectivity index (χ0) is 18.5. The maximum atomic E-state index is 13.0. The fraction of sp³-hybridized carbons (Fsp3) is 0.955. The van der Waals surface area contributed by atoms with Crippen LogP contribution < -0.4 is 0 Å². The van der Waals surface area contributed by atoms with Gasteiger partial charge in [0.05, 0.1) is 5.41 Å². The lowest BCUT2D eigenvalue weighted by Gasteiger charge is -2.39. The van der Waals surface area contributed by atoms with Crippen molar-refractivity contribution in [3.05, 3.63) is 0 Å². The van der Waals surface area contributed by atoms with Crippen molar-refractivity contribution in [3.8, 4) is 0 Å². The molecule has 1 aliphatic rings. The number of ether oxygens (including phenoxy) is 1. The molecule has 2 heteroatoms. The summed E-state index contributed by atoms with van der Waals surface area (Å²) in [6.45, 7) is 18.0. The van der Waals surface area contributed by atoms with E-state index in [2.05, 4.69) is 55.4 Å². The maximum absolute atomic E-state index is 13.0. The Morgan fingerprint density at radius 2 is 1.54 bits per heavy atom. The van der Waals surface area contributed by atoms with Gasteiger partial charge in [-0.1, -0.05) is 61.3 Å². The van der Waals surface area contributed by atoms with Crippen molar-refractivity contribution in [2.75, 3.05) is 0 Å². The molecule has 0 N–H and O–H groups in total. The molecule has 0 bridgehead atoms. The van der Waals surface area contributed by atoms with Gasteiger partial charge in [0, 0.05) is 0 Å². The topological polar surface area (TPSA) is 26.3 Å². The molecule has 2 nitrogen and oxygen atoms in total. The van der Waals surface area contributed by atoms with Gasteiger partial charge in [-0.3, -0.25) is 4.79 Å². The zero-order valence-electron chi connectivity index (χ0n) is 17.6. The highest BCUT2D eigenvalue weighted by atomic mass is 16.5. The summed E-state index contributed by atoms with van der Waals surface area (Å²) in [5.41, 5.74) is 0.0296. The molecule has 24 heavy (non-hydrogen) atoms. The van der Waals surface area contributed by atoms with Crippen LogP contribution in [0.4, 0.5) is 0 Å². The molecule has 0 aliphatic heterocycles. The standard InChI is InChI=1S/C22H42O2/c1-9-16(3)15-22(8,17(4)10-2)20(23)24-19-13-11-18(12-14-19)21(5,6)7/h16-19H,9-15H2,1-8H3. The van der Waals surface area contributed by atoms with Crippen LogP contribution in [0.5, 0.6) is 0 Å². The Hall–Kier alpha value is -0.530. The van der Waals surface area contributed by atoms with Gasteiger partial charge in [-0.15, -0.1) is 0 Å². The third kappa shape index (κ3) is 5.49. The third-order valence-electron chi connectivity index (χ3n) is 6.81. The lowest BCUT2D eigenvalue weighted by atomic mass is 9.70. The van der Waals surface area contributed by atoms with Crippen LogP contribution in [0, 0.1) is 28.6 Å². The van der Waals surface area contributed by atoms with Crippen LogP contribution >= 0.6 is 0 Å². The molecule has 1 aliphatic carbocycles. The Kier molecular flexibility index (Phi) is 7.81. The largest absolute Gasteiger partial charge is 0.462 e. The van der Waals surface area contributed by atoms with Crippen LogP contribution in [0.1, 0.15) is 100 Å². The third-order valence-corrected chi connectivity index (χ3v) is 6.81. The Balaban J connectivity index is 2.69. The normalized spacial score (nSPS) is 27.2. The first-order chi connectivity index (χ1) is 11.0. The fourth-order valence-corrected chi connectivity index (χ4v) is 4.14. The molecule has 0 aromatic rings. The van der Waals surface area contributed by atoms with Gasteiger partial charge in [0.1, 0.15) is 6.10 Å². The molecule has 0 heterocycles. The van der Waals surface area contributed by atoms with Crippen LogP contribution in [-0.2, 0) is 9.53 Å². The van der Waals surface area contributed by atoms with E-state index < -0.39 is 0 Å². The molecule has 0 aromatic heterocycles. The number of hydrogen-bond acceptors (Lipinski definition) is 2. The number of rotatable bonds is 7. The molecule has 1 fully saturated rings. The van der Waals surface area contributed by atoms with E-state index in [1.807, 2.05) is 0 Å². The number of hydrogen-bond donors (Lipinski definition) is 0. The number of carbonyl (C=O) groups excluding carboxylic acids is 1. The highest BCUT2D eigenvalue weighted by Crippen LogP contribution is 2.41. The molecule has 1 rings (SSSR count). The smallest absolute Gasteiger partial charge is 0.312 e. The summed E-state index contributed by atoms with van der Waals surface area (Å²) in [6, 6.07) is 0. The minimum absolute atomic E-state index is 0.0522. The van der Waals surface area contributed by atoms with Gasteiger partial charge >= 0.3 is 5.97 Å². The Morgan fingerprint density at radius 1 is 1.00 bits per heavy atom. The fourth-order valence-electron chi connectivity index (χ4n) is 4.14. The second-order valence-corrected chi connectivity index (χ2v) is 9.69. The summed E-state index contributed by atoms with van der Waals surface area (Å²) in [6.07, 6.45) is 7.67. The van der Waals surface area contributed by atoms with Crippen molar-refractivity contribution in [2.45, 2.75) is 106 Å². The minimum atomic E-state index is -0.342. The van der Waals surface area contributed by atoms with Gasteiger partial charge in [0.25, 0.3) is 0 Å². The lowest BCUT2D eigenvalue weighted by Crippen LogP contribution is -2.40. The Labute approximate surface area is 151 Å². The molecule has 0 radical (unpaired) electrons. The van der Waals surface area contributed by atoms with Crippen LogP contribution in [0.3, 0.4) is 0 Å². The van der Waals surface area contributed by atoms with E-state index in [0.29, 0.717) is 17.3 Å². The highest BCUT2D eigenvalue weighted by Gasteiger charge is 2.42. The van der Waals surface area contributed by atoms with Crippen LogP contribution in [0.25, 0.3) is 0 Å². The average Bonchev–Trinajstić information content (AvgIpc) is 2.53. The molecular weight excluding hydrogens is 296 g/mol. The molecule has 0 spiro atoms. The number of carbonyl (C=O) groups is 1. The Morgan fingerprint density at radius 3 is 1.96 bits per heavy atom. The zero-order valence-corrected chi connectivity index (χ0v) is 17.6. The van der Waals surface area contributed by atoms with E-state index in [-0.39, 0.29) is 17.5 Å². The van der Waals surface area contributed by atoms with Crippen molar-refractivity contribution >= 4 is 5.97 Å². The van der Waals surface area contributed by atoms with Crippen LogP contribution in [0.15, 0.2) is 0 Å². The molecule has 3 atom stereocenters. The molecule has 1 saturated carbocycles. The number of esters is 1. The SMILES string of the molecule is CCC(C)CC(C)(C(=O)OC1CCC(C(C)(C)C)CC1)C(C)CC. The van der Waals surface area contributed by atoms with Gasteiger partial charge < -0.3 is 4.74 Å². The average molecular weight is 339 g/mol. The summed E-state index contributed by atoms with van der Waals surface area (Å²) < 4.78 is 6.05. The first-order valence-corrected chi connectivity index (χ1v) is 10.3. The van der Waals surface area contributed by atoms with Crippen molar-refractivity contribution in [2.24, 2.45) is 28.6 Å². The van der Waals surface area contributed by atoms with Crippen molar-refractivity contribution in [3.63, 3.8) is 0 Å². The van der Waals surface area contributed by atoms with Crippen LogP contribution in [0.2, 0.25) is 0 Å². The maximum Gasteiger partial charge on any atom is 0.312 e. The minimum Gasteiger partial charge on any atom is -0.462 e. The molecule has 0 aromatic carbocycles. The highest BCUT2D eigenvalue weighted by molar-refractivity contribution is 5.77. The van der Waals surface area contributed by atoms with Crippen LogP contribution in [-0.4, -0.2) is 12.1 Å². The summed E-state index contributed by atoms with van der Waals surface area (Å²) in [5.74, 6) is 1.74. The van der Waals surface area contributed by atoms with Crippen molar-refractivity contribution < 1.29 is 9.53 Å². The van der Waals surface area contributed by atoms with Crippen molar-refractivity contribution in [1.29, 1.82) is 0 Å². The summed E-state index contributed by atoms with van der Waals surface area (Å²) in [5, 5.41) is 0. The van der Waals surface area contributed by atoms with Gasteiger partial charge in [0.15, 0.2) is 0 Å². The monoisotopic (exact) mass is 338 g/mol. The van der Waals surface area contributed by atoms with E-state index in [4.69, 9.17) is 4.74 Å². The second kappa shape index (κ2) is 8.72. The quantitative estimate of drug-likeness (QED) is 0.487. The summed E-state index contributed by atoms with van der Waals surface area (Å²) >= 11 is 0. The van der Waals surface area contributed by atoms with E-state index in [9.17, 15) is 4.79 Å². The first-order valence-electron chi connectivity index (χ1n) is 10.3. The van der Waals surface area contributed by atoms with Gasteiger partial charge in [-0.05, 0) is 62.2 Å². The molecule has 142 valence electrons. The summed E-state index contributed by atoms with van der Waals surface area (Å²) in [7, 11) is 0. The van der Waals surface area contributed by atoms with Gasteiger partial charge in [0.2, 0.25) is 0 Å². The first kappa shape index (κ1) is 21.5. The molecule has 3 unspecified atom stereocenters. The van der Waals surface area contributed by atoms with Gasteiger partial charge in [-0.25, -0.2) is 0 Å². The molecule has 0 amide bonds. The Bertz CT molecular complexity index is 387. The lowest BCUT2D eigenvalue weighted by molar-refractivity contribution is -0.167. The molecular formula is C22H42O2. The second-order valence-electron chi connectivity index (χ2n) is 9.69. The molecule has 0 saturated heterocycles. The van der Waals surface area contributed by atoms with E-state index in [0.717, 1.165) is 38.0 Å². The predicted molar refractivity (Wildman–Crippen MR) is 103 cm³/mol. The van der Waals surface area contributed by atoms with E-state index >= 15 is 0 Å². The van der Waals surface area contributed by atoms with E-state index in [1.54, 1.807) is 0 Å². The summed E-state index contributed by atoms with van der Waals surface area (Å²) in [4.78, 5) is 13.0. The predicted octanol–water partition coefficient (Wildman–Crippen LogP) is 6.62.